The fraction of sp³-hybridized carbons (Fsp3) is 0.929. The Labute approximate surface area is 117 Å². The number of amides is 1. The zero-order valence-electron chi connectivity index (χ0n) is 12.4. The topological polar surface area (TPSA) is 55.8 Å². The first-order valence-corrected chi connectivity index (χ1v) is 7.44. The summed E-state index contributed by atoms with van der Waals surface area (Å²) in [7, 11) is 0. The van der Waals surface area contributed by atoms with E-state index in [1.165, 1.54) is 0 Å². The molecule has 0 bridgehead atoms. The maximum Gasteiger partial charge on any atom is 0.234 e. The summed E-state index contributed by atoms with van der Waals surface area (Å²) in [6.07, 6.45) is 2.11. The van der Waals surface area contributed by atoms with E-state index in [4.69, 9.17) is 5.11 Å². The number of nitrogens with zero attached hydrogens (tertiary/aromatic N) is 2. The Kier molecular flexibility index (Phi) is 8.02. The minimum absolute atomic E-state index is 0.135. The number of aliphatic hydroxyl groups is 1. The van der Waals surface area contributed by atoms with Crippen LogP contribution in [0.5, 0.6) is 0 Å². The molecule has 1 aliphatic heterocycles. The van der Waals surface area contributed by atoms with Crippen molar-refractivity contribution in [2.24, 2.45) is 5.92 Å². The van der Waals surface area contributed by atoms with Gasteiger partial charge < -0.3 is 10.4 Å². The molecule has 19 heavy (non-hydrogen) atoms. The first-order chi connectivity index (χ1) is 9.11. The minimum Gasteiger partial charge on any atom is -0.395 e. The zero-order chi connectivity index (χ0) is 14.1. The monoisotopic (exact) mass is 271 g/mol. The third-order valence-corrected chi connectivity index (χ3v) is 3.51. The van der Waals surface area contributed by atoms with E-state index in [1.54, 1.807) is 0 Å². The second kappa shape index (κ2) is 9.28. The second-order valence-electron chi connectivity index (χ2n) is 5.73. The van der Waals surface area contributed by atoms with Crippen LogP contribution in [-0.4, -0.2) is 73.2 Å². The molecule has 0 aromatic rings. The van der Waals surface area contributed by atoms with E-state index in [2.05, 4.69) is 29.0 Å². The lowest BCUT2D eigenvalue weighted by molar-refractivity contribution is -0.122. The molecule has 1 amide bonds. The fourth-order valence-electron chi connectivity index (χ4n) is 2.31. The molecule has 1 heterocycles. The second-order valence-corrected chi connectivity index (χ2v) is 5.73. The minimum atomic E-state index is 0.135. The largest absolute Gasteiger partial charge is 0.395 e. The van der Waals surface area contributed by atoms with Gasteiger partial charge in [0.05, 0.1) is 13.2 Å². The summed E-state index contributed by atoms with van der Waals surface area (Å²) < 4.78 is 0. The SMILES string of the molecule is CC(C)CCNC(=O)CN1CCCN(CCO)CC1. The van der Waals surface area contributed by atoms with E-state index in [-0.39, 0.29) is 12.5 Å². The Balaban J connectivity index is 2.19. The predicted molar refractivity (Wildman–Crippen MR) is 77.0 cm³/mol. The standard InChI is InChI=1S/C14H29N3O2/c1-13(2)4-5-15-14(19)12-17-7-3-6-16(8-9-17)10-11-18/h13,18H,3-12H2,1-2H3,(H,15,19). The average molecular weight is 271 g/mol. The van der Waals surface area contributed by atoms with Gasteiger partial charge >= 0.3 is 0 Å². The van der Waals surface area contributed by atoms with Crippen molar-refractivity contribution >= 4 is 5.91 Å². The van der Waals surface area contributed by atoms with Crippen LogP contribution in [0.25, 0.3) is 0 Å². The Morgan fingerprint density at radius 3 is 2.58 bits per heavy atom. The van der Waals surface area contributed by atoms with Crippen LogP contribution in [-0.2, 0) is 4.79 Å². The van der Waals surface area contributed by atoms with Crippen LogP contribution in [0.15, 0.2) is 0 Å². The number of rotatable bonds is 7. The molecule has 1 aliphatic rings. The van der Waals surface area contributed by atoms with E-state index in [9.17, 15) is 4.79 Å². The number of hydrogen-bond acceptors (Lipinski definition) is 4. The van der Waals surface area contributed by atoms with Crippen molar-refractivity contribution in [2.45, 2.75) is 26.7 Å². The van der Waals surface area contributed by atoms with Crippen molar-refractivity contribution in [3.8, 4) is 0 Å². The van der Waals surface area contributed by atoms with Crippen molar-refractivity contribution in [1.82, 2.24) is 15.1 Å². The molecule has 2 N–H and O–H groups in total. The molecule has 1 rings (SSSR count). The molecule has 0 unspecified atom stereocenters. The van der Waals surface area contributed by atoms with Crippen molar-refractivity contribution in [3.63, 3.8) is 0 Å². The Morgan fingerprint density at radius 2 is 1.89 bits per heavy atom. The molecule has 0 aromatic heterocycles. The van der Waals surface area contributed by atoms with Gasteiger partial charge in [-0.25, -0.2) is 0 Å². The van der Waals surface area contributed by atoms with Crippen molar-refractivity contribution in [2.75, 3.05) is 52.4 Å². The lowest BCUT2D eigenvalue weighted by Gasteiger charge is -2.20. The molecule has 112 valence electrons. The van der Waals surface area contributed by atoms with Gasteiger partial charge in [0, 0.05) is 26.2 Å². The van der Waals surface area contributed by atoms with E-state index in [0.717, 1.165) is 52.1 Å². The number of nitrogens with one attached hydrogen (secondary N) is 1. The molecule has 0 saturated carbocycles. The van der Waals surface area contributed by atoms with Crippen LogP contribution in [0, 0.1) is 5.92 Å². The quantitative estimate of drug-likeness (QED) is 0.692. The number of β-amino-alcohol motifs (C(OH)–C–C–N with tert-alkyl or cyclic N) is 1. The molecule has 5 nitrogen and oxygen atoms in total. The maximum absolute atomic E-state index is 11.8. The van der Waals surface area contributed by atoms with E-state index in [0.29, 0.717) is 12.5 Å². The zero-order valence-corrected chi connectivity index (χ0v) is 12.4. The van der Waals surface area contributed by atoms with E-state index < -0.39 is 0 Å². The smallest absolute Gasteiger partial charge is 0.234 e. The van der Waals surface area contributed by atoms with Gasteiger partial charge in [0.25, 0.3) is 0 Å². The van der Waals surface area contributed by atoms with Gasteiger partial charge in [-0.2, -0.15) is 0 Å². The third kappa shape index (κ3) is 7.50. The van der Waals surface area contributed by atoms with Crippen molar-refractivity contribution in [3.05, 3.63) is 0 Å². The molecule has 0 aliphatic carbocycles. The molecular formula is C14H29N3O2. The lowest BCUT2D eigenvalue weighted by Crippen LogP contribution is -2.39. The highest BCUT2D eigenvalue weighted by Crippen LogP contribution is 2.02. The van der Waals surface area contributed by atoms with Gasteiger partial charge in [0.15, 0.2) is 0 Å². The number of hydrogen-bond donors (Lipinski definition) is 2. The number of carbonyl (C=O) groups is 1. The molecule has 0 atom stereocenters. The van der Waals surface area contributed by atoms with Crippen LogP contribution < -0.4 is 5.32 Å². The summed E-state index contributed by atoms with van der Waals surface area (Å²) in [4.78, 5) is 16.3. The van der Waals surface area contributed by atoms with Gasteiger partial charge in [-0.3, -0.25) is 14.6 Å². The molecule has 5 heteroatoms. The van der Waals surface area contributed by atoms with Crippen LogP contribution in [0.3, 0.4) is 0 Å². The number of aliphatic hydroxyl groups excluding tert-OH is 1. The summed E-state index contributed by atoms with van der Waals surface area (Å²) in [5, 5.41) is 11.9. The molecule has 1 saturated heterocycles. The Hall–Kier alpha value is -0.650. The lowest BCUT2D eigenvalue weighted by atomic mass is 10.1. The maximum atomic E-state index is 11.8. The summed E-state index contributed by atoms with van der Waals surface area (Å²) in [6, 6.07) is 0. The first kappa shape index (κ1) is 16.4. The summed E-state index contributed by atoms with van der Waals surface area (Å²) >= 11 is 0. The molecule has 0 aromatic carbocycles. The highest BCUT2D eigenvalue weighted by molar-refractivity contribution is 5.77. The van der Waals surface area contributed by atoms with Crippen LogP contribution >= 0.6 is 0 Å². The van der Waals surface area contributed by atoms with Gasteiger partial charge in [0.1, 0.15) is 0 Å². The van der Waals surface area contributed by atoms with Gasteiger partial charge in [-0.15, -0.1) is 0 Å². The number of carbonyl (C=O) groups excluding carboxylic acids is 1. The average Bonchev–Trinajstić information content (AvgIpc) is 2.55. The van der Waals surface area contributed by atoms with Gasteiger partial charge in [-0.1, -0.05) is 13.8 Å². The highest BCUT2D eigenvalue weighted by Gasteiger charge is 2.16. The molecule has 0 spiro atoms. The van der Waals surface area contributed by atoms with Crippen molar-refractivity contribution < 1.29 is 9.90 Å². The van der Waals surface area contributed by atoms with Crippen LogP contribution in [0.4, 0.5) is 0 Å². The molecule has 1 fully saturated rings. The van der Waals surface area contributed by atoms with Crippen LogP contribution in [0.2, 0.25) is 0 Å². The summed E-state index contributed by atoms with van der Waals surface area (Å²) in [6.45, 7) is 10.4. The molecular weight excluding hydrogens is 242 g/mol. The third-order valence-electron chi connectivity index (χ3n) is 3.51. The Morgan fingerprint density at radius 1 is 1.21 bits per heavy atom. The Bertz CT molecular complexity index is 259. The first-order valence-electron chi connectivity index (χ1n) is 7.44. The van der Waals surface area contributed by atoms with E-state index >= 15 is 0 Å². The van der Waals surface area contributed by atoms with Gasteiger partial charge in [0.2, 0.25) is 5.91 Å². The summed E-state index contributed by atoms with van der Waals surface area (Å²) in [5.41, 5.74) is 0. The summed E-state index contributed by atoms with van der Waals surface area (Å²) in [5.74, 6) is 0.766. The van der Waals surface area contributed by atoms with Gasteiger partial charge in [-0.05, 0) is 31.8 Å². The predicted octanol–water partition coefficient (Wildman–Crippen LogP) is 0.149. The van der Waals surface area contributed by atoms with E-state index in [1.807, 2.05) is 0 Å². The highest BCUT2D eigenvalue weighted by atomic mass is 16.3. The molecule has 0 radical (unpaired) electrons. The normalized spacial score (nSPS) is 18.5. The fourth-order valence-corrected chi connectivity index (χ4v) is 2.31. The van der Waals surface area contributed by atoms with Crippen molar-refractivity contribution in [1.29, 1.82) is 0 Å². The van der Waals surface area contributed by atoms with Crippen LogP contribution in [0.1, 0.15) is 26.7 Å².